The molecule has 0 aliphatic rings. The van der Waals surface area contributed by atoms with Gasteiger partial charge in [-0.25, -0.2) is 0 Å². The average Bonchev–Trinajstić information content (AvgIpc) is 2.46. The lowest BCUT2D eigenvalue weighted by molar-refractivity contribution is 0.864. The summed E-state index contributed by atoms with van der Waals surface area (Å²) in [6.45, 7) is 42.7. The lowest BCUT2D eigenvalue weighted by Crippen LogP contribution is -2.84. The first-order valence-electron chi connectivity index (χ1n) is 12.6. The third-order valence-corrected chi connectivity index (χ3v) is 77.7. The molecular formula is C24H58Si4. The van der Waals surface area contributed by atoms with Gasteiger partial charge in [-0.2, -0.15) is 0 Å². The second-order valence-electron chi connectivity index (χ2n) is 12.5. The van der Waals surface area contributed by atoms with Crippen LogP contribution in [0.5, 0.6) is 0 Å². The van der Waals surface area contributed by atoms with Crippen LogP contribution in [0.4, 0.5) is 0 Å². The van der Waals surface area contributed by atoms with E-state index in [2.05, 4.69) is 111 Å². The normalized spacial score (nSPS) is 14.8. The minimum absolute atomic E-state index is 0.887. The Bertz CT molecular complexity index is 376. The van der Waals surface area contributed by atoms with Crippen molar-refractivity contribution in [1.29, 1.82) is 0 Å². The molecule has 0 aliphatic heterocycles. The molecule has 0 bridgehead atoms. The van der Waals surface area contributed by atoms with Crippen LogP contribution < -0.4 is 0 Å². The van der Waals surface area contributed by atoms with Gasteiger partial charge in [-0.15, -0.1) is 0 Å². The molecule has 0 saturated carbocycles. The van der Waals surface area contributed by atoms with E-state index in [4.69, 9.17) is 0 Å². The largest absolute Gasteiger partial charge is 0.0656 e. The topological polar surface area (TPSA) is 0 Å². The Morgan fingerprint density at radius 2 is 0.464 bits per heavy atom. The summed E-state index contributed by atoms with van der Waals surface area (Å²) in [4.78, 5) is 0. The van der Waals surface area contributed by atoms with E-state index < -0.39 is 30.8 Å². The van der Waals surface area contributed by atoms with E-state index in [1.165, 1.54) is 0 Å². The molecule has 0 nitrogen and oxygen atoms in total. The van der Waals surface area contributed by atoms with Gasteiger partial charge in [-0.05, 0) is 0 Å². The fourth-order valence-corrected chi connectivity index (χ4v) is 110. The molecule has 0 aromatic carbocycles. The Kier molecular flexibility index (Phi) is 11.3. The minimum Gasteiger partial charge on any atom is -0.0656 e. The van der Waals surface area contributed by atoms with E-state index in [9.17, 15) is 0 Å². The molecule has 0 saturated heterocycles. The predicted octanol–water partition coefficient (Wildman–Crippen LogP) is 8.85. The molecule has 0 radical (unpaired) electrons. The maximum atomic E-state index is 2.70. The Hall–Kier alpha value is 0.868. The molecule has 0 spiro atoms. The summed E-state index contributed by atoms with van der Waals surface area (Å²) in [5.41, 5.74) is 7.64. The van der Waals surface area contributed by atoms with Crippen molar-refractivity contribution < 1.29 is 0 Å². The van der Waals surface area contributed by atoms with Crippen LogP contribution in [0.3, 0.4) is 0 Å². The van der Waals surface area contributed by atoms with Gasteiger partial charge in [0.1, 0.15) is 0 Å². The van der Waals surface area contributed by atoms with Gasteiger partial charge in [0, 0.05) is 30.8 Å². The summed E-state index contributed by atoms with van der Waals surface area (Å²) in [6.07, 6.45) is 0. The fourth-order valence-electron chi connectivity index (χ4n) is 9.20. The maximum absolute atomic E-state index is 2.70. The van der Waals surface area contributed by atoms with Crippen LogP contribution in [-0.2, 0) is 0 Å². The first-order valence-corrected chi connectivity index (χ1v) is 24.1. The van der Waals surface area contributed by atoms with Crippen LogP contribution in [0.25, 0.3) is 0 Å². The smallest absolute Gasteiger partial charge is 0.0426 e. The Morgan fingerprint density at radius 1 is 0.321 bits per heavy atom. The molecule has 0 aromatic rings. The van der Waals surface area contributed by atoms with Crippen LogP contribution in [-0.4, -0.2) is 30.8 Å². The van der Waals surface area contributed by atoms with Crippen LogP contribution >= 0.6 is 0 Å². The van der Waals surface area contributed by atoms with Crippen molar-refractivity contribution in [3.63, 3.8) is 0 Å². The molecule has 0 aromatic heterocycles. The second kappa shape index (κ2) is 10.9. The van der Waals surface area contributed by atoms with Crippen LogP contribution in [0.15, 0.2) is 0 Å². The zero-order valence-electron chi connectivity index (χ0n) is 22.8. The van der Waals surface area contributed by atoms with Crippen molar-refractivity contribution in [2.24, 2.45) is 0 Å². The molecule has 0 unspecified atom stereocenters. The van der Waals surface area contributed by atoms with Gasteiger partial charge in [0.15, 0.2) is 0 Å². The fraction of sp³-hybridized carbons (Fsp3) is 1.00. The molecule has 4 heteroatoms. The van der Waals surface area contributed by atoms with Gasteiger partial charge in [-0.3, -0.25) is 0 Å². The van der Waals surface area contributed by atoms with E-state index in [1.807, 2.05) is 0 Å². The van der Waals surface area contributed by atoms with E-state index in [-0.39, 0.29) is 0 Å². The first kappa shape index (κ1) is 28.9. The SMILES string of the molecule is CC(C)[SiH](C(C)C)[Si](C(C)C)(C(C)C)[Si](C(C)C)(C(C)C)[SiH](C(C)C)C(C)C. The van der Waals surface area contributed by atoms with Gasteiger partial charge < -0.3 is 0 Å². The highest BCUT2D eigenvalue weighted by Gasteiger charge is 2.68. The van der Waals surface area contributed by atoms with Crippen molar-refractivity contribution in [1.82, 2.24) is 0 Å². The van der Waals surface area contributed by atoms with Crippen molar-refractivity contribution in [2.75, 3.05) is 0 Å². The second-order valence-corrected chi connectivity index (χ2v) is 46.7. The third kappa shape index (κ3) is 4.70. The molecule has 0 aliphatic carbocycles. The number of hydrogen-bond donors (Lipinski definition) is 0. The number of rotatable bonds is 11. The highest BCUT2D eigenvalue weighted by Crippen LogP contribution is 2.57. The predicted molar refractivity (Wildman–Crippen MR) is 147 cm³/mol. The summed E-state index contributed by atoms with van der Waals surface area (Å²) >= 11 is 0. The van der Waals surface area contributed by atoms with E-state index in [1.54, 1.807) is 0 Å². The van der Waals surface area contributed by atoms with Gasteiger partial charge >= 0.3 is 0 Å². The summed E-state index contributed by atoms with van der Waals surface area (Å²) in [7, 11) is -4.70. The monoisotopic (exact) mass is 458 g/mol. The maximum Gasteiger partial charge on any atom is 0.0426 e. The molecule has 0 fully saturated rings. The molecular weight excluding hydrogens is 401 g/mol. The van der Waals surface area contributed by atoms with E-state index >= 15 is 0 Å². The lowest BCUT2D eigenvalue weighted by atomic mass is 10.5. The van der Waals surface area contributed by atoms with Crippen LogP contribution in [0, 0.1) is 0 Å². The summed E-state index contributed by atoms with van der Waals surface area (Å²) in [5.74, 6) is 0. The summed E-state index contributed by atoms with van der Waals surface area (Å²) in [6, 6.07) is 0. The van der Waals surface area contributed by atoms with E-state index in [0.29, 0.717) is 0 Å². The Labute approximate surface area is 185 Å². The molecule has 0 heterocycles. The van der Waals surface area contributed by atoms with Crippen molar-refractivity contribution in [2.45, 2.75) is 155 Å². The highest BCUT2D eigenvalue weighted by molar-refractivity contribution is 7.80. The Balaban J connectivity index is 7.64. The Morgan fingerprint density at radius 3 is 0.536 bits per heavy atom. The first-order chi connectivity index (χ1) is 12.6. The molecule has 0 N–H and O–H groups in total. The van der Waals surface area contributed by atoms with E-state index in [0.717, 1.165) is 44.3 Å². The van der Waals surface area contributed by atoms with Gasteiger partial charge in [0.25, 0.3) is 0 Å². The van der Waals surface area contributed by atoms with Crippen molar-refractivity contribution in [3.8, 4) is 0 Å². The van der Waals surface area contributed by atoms with Gasteiger partial charge in [0.2, 0.25) is 0 Å². The molecule has 170 valence electrons. The molecule has 28 heavy (non-hydrogen) atoms. The summed E-state index contributed by atoms with van der Waals surface area (Å²) < 4.78 is 0. The molecule has 0 rings (SSSR count). The molecule has 0 amide bonds. The van der Waals surface area contributed by atoms with Gasteiger partial charge in [0.05, 0.1) is 0 Å². The zero-order chi connectivity index (χ0) is 22.8. The van der Waals surface area contributed by atoms with Crippen molar-refractivity contribution in [3.05, 3.63) is 0 Å². The quantitative estimate of drug-likeness (QED) is 0.271. The van der Waals surface area contributed by atoms with Crippen LogP contribution in [0.2, 0.25) is 44.3 Å². The van der Waals surface area contributed by atoms with Gasteiger partial charge in [-0.1, -0.05) is 155 Å². The summed E-state index contributed by atoms with van der Waals surface area (Å²) in [5, 5.41) is 0. The minimum atomic E-state index is -1.46. The van der Waals surface area contributed by atoms with Crippen LogP contribution in [0.1, 0.15) is 111 Å². The highest BCUT2D eigenvalue weighted by atomic mass is 29.8. The molecule has 0 atom stereocenters. The zero-order valence-corrected chi connectivity index (χ0v) is 27.1. The number of hydrogen-bond acceptors (Lipinski definition) is 0. The lowest BCUT2D eigenvalue weighted by Gasteiger charge is -2.66. The standard InChI is InChI=1S/C24H58Si4/c1-17(2)25(18(3)4)27(21(9)10,22(11)12)28(23(13)14,24(15)16)26(19(5)6)20(7)8/h17-26H,1-16H3. The average molecular weight is 459 g/mol. The van der Waals surface area contributed by atoms with Crippen molar-refractivity contribution >= 4 is 30.8 Å². The third-order valence-electron chi connectivity index (χ3n) is 8.55.